The summed E-state index contributed by atoms with van der Waals surface area (Å²) in [6, 6.07) is 9.82. The van der Waals surface area contributed by atoms with Gasteiger partial charge >= 0.3 is 0 Å². The average Bonchev–Trinajstić information content (AvgIpc) is 2.27. The monoisotopic (exact) mass is 228 g/mol. The van der Waals surface area contributed by atoms with Crippen molar-refractivity contribution in [3.63, 3.8) is 0 Å². The van der Waals surface area contributed by atoms with Crippen LogP contribution in [0, 0.1) is 5.41 Å². The van der Waals surface area contributed by atoms with Crippen LogP contribution in [0.5, 0.6) is 0 Å². The molecule has 0 fully saturated rings. The Hall–Kier alpha value is -2.10. The summed E-state index contributed by atoms with van der Waals surface area (Å²) in [5.41, 5.74) is 7.18. The van der Waals surface area contributed by atoms with Crippen LogP contribution in [0.1, 0.15) is 19.4 Å². The van der Waals surface area contributed by atoms with E-state index in [1.807, 2.05) is 44.2 Å². The molecule has 0 bridgehead atoms. The van der Waals surface area contributed by atoms with Gasteiger partial charge in [-0.3, -0.25) is 5.41 Å². The number of pyridine rings is 1. The molecule has 4 nitrogen and oxygen atoms in total. The first-order chi connectivity index (χ1) is 8.08. The van der Waals surface area contributed by atoms with Gasteiger partial charge in [0.15, 0.2) is 0 Å². The van der Waals surface area contributed by atoms with Crippen molar-refractivity contribution < 1.29 is 0 Å². The number of amidine groups is 1. The lowest BCUT2D eigenvalue weighted by Crippen LogP contribution is -2.15. The van der Waals surface area contributed by atoms with Crippen LogP contribution in [0.4, 0.5) is 5.82 Å². The Morgan fingerprint density at radius 3 is 2.71 bits per heavy atom. The van der Waals surface area contributed by atoms with Gasteiger partial charge in [-0.15, -0.1) is 0 Å². The van der Waals surface area contributed by atoms with Gasteiger partial charge in [-0.2, -0.15) is 0 Å². The Labute approximate surface area is 100 Å². The van der Waals surface area contributed by atoms with Gasteiger partial charge in [0.2, 0.25) is 0 Å². The molecule has 0 saturated carbocycles. The fourth-order valence-electron chi connectivity index (χ4n) is 1.77. The maximum Gasteiger partial charge on any atom is 0.127 e. The number of anilines is 1. The van der Waals surface area contributed by atoms with Crippen LogP contribution in [0.15, 0.2) is 30.3 Å². The highest BCUT2D eigenvalue weighted by atomic mass is 15.0. The third kappa shape index (κ3) is 2.36. The minimum absolute atomic E-state index is 0.0652. The van der Waals surface area contributed by atoms with Gasteiger partial charge < -0.3 is 11.1 Å². The Bertz CT molecular complexity index is 560. The molecule has 0 unspecified atom stereocenters. The Balaban J connectivity index is 2.63. The fourth-order valence-corrected chi connectivity index (χ4v) is 1.77. The van der Waals surface area contributed by atoms with E-state index < -0.39 is 0 Å². The summed E-state index contributed by atoms with van der Waals surface area (Å²) in [7, 11) is 0. The normalized spacial score (nSPS) is 10.8. The molecule has 0 radical (unpaired) electrons. The van der Waals surface area contributed by atoms with E-state index >= 15 is 0 Å². The predicted octanol–water partition coefficient (Wildman–Crippen LogP) is 2.34. The summed E-state index contributed by atoms with van der Waals surface area (Å²) in [6.45, 7) is 4.09. The summed E-state index contributed by atoms with van der Waals surface area (Å²) in [5, 5.41) is 11.8. The van der Waals surface area contributed by atoms with Crippen LogP contribution in [0.2, 0.25) is 0 Å². The number of nitrogens with one attached hydrogen (secondary N) is 2. The van der Waals surface area contributed by atoms with E-state index in [9.17, 15) is 0 Å². The average molecular weight is 228 g/mol. The molecule has 1 aromatic heterocycles. The molecule has 4 N–H and O–H groups in total. The number of hydrogen-bond acceptors (Lipinski definition) is 3. The first kappa shape index (κ1) is 11.4. The van der Waals surface area contributed by atoms with Crippen molar-refractivity contribution in [2.24, 2.45) is 5.73 Å². The first-order valence-corrected chi connectivity index (χ1v) is 5.58. The molecular formula is C13H16N4. The van der Waals surface area contributed by atoms with Crippen LogP contribution in [-0.4, -0.2) is 16.9 Å². The smallest absolute Gasteiger partial charge is 0.127 e. The number of para-hydroxylation sites is 1. The van der Waals surface area contributed by atoms with E-state index in [4.69, 9.17) is 11.1 Å². The zero-order valence-corrected chi connectivity index (χ0v) is 9.99. The van der Waals surface area contributed by atoms with Gasteiger partial charge in [-0.1, -0.05) is 18.2 Å². The highest BCUT2D eigenvalue weighted by Gasteiger charge is 2.08. The SMILES string of the molecule is CC(C)Nc1cc(C(=N)N)c2ccccc2n1. The lowest BCUT2D eigenvalue weighted by molar-refractivity contribution is 0.891. The third-order valence-electron chi connectivity index (χ3n) is 2.44. The van der Waals surface area contributed by atoms with E-state index in [-0.39, 0.29) is 5.84 Å². The van der Waals surface area contributed by atoms with Crippen LogP contribution in [-0.2, 0) is 0 Å². The van der Waals surface area contributed by atoms with Gasteiger partial charge in [0.1, 0.15) is 11.7 Å². The Morgan fingerprint density at radius 2 is 2.06 bits per heavy atom. The first-order valence-electron chi connectivity index (χ1n) is 5.58. The maximum atomic E-state index is 7.62. The van der Waals surface area contributed by atoms with Gasteiger partial charge in [0, 0.05) is 17.0 Å². The lowest BCUT2D eigenvalue weighted by atomic mass is 10.1. The molecule has 0 aliphatic rings. The number of nitrogen functional groups attached to an aromatic ring is 1. The highest BCUT2D eigenvalue weighted by Crippen LogP contribution is 2.20. The van der Waals surface area contributed by atoms with Crippen molar-refractivity contribution in [1.82, 2.24) is 4.98 Å². The third-order valence-corrected chi connectivity index (χ3v) is 2.44. The van der Waals surface area contributed by atoms with Crippen LogP contribution in [0.3, 0.4) is 0 Å². The molecule has 4 heteroatoms. The molecule has 17 heavy (non-hydrogen) atoms. The molecule has 0 amide bonds. The molecular weight excluding hydrogens is 212 g/mol. The van der Waals surface area contributed by atoms with E-state index in [0.29, 0.717) is 6.04 Å². The van der Waals surface area contributed by atoms with E-state index in [2.05, 4.69) is 10.3 Å². The van der Waals surface area contributed by atoms with Crippen LogP contribution in [0.25, 0.3) is 10.9 Å². The molecule has 0 saturated heterocycles. The molecule has 2 aromatic rings. The summed E-state index contributed by atoms with van der Waals surface area (Å²) in [6.07, 6.45) is 0. The zero-order valence-electron chi connectivity index (χ0n) is 9.99. The van der Waals surface area contributed by atoms with Crippen molar-refractivity contribution in [3.05, 3.63) is 35.9 Å². The van der Waals surface area contributed by atoms with E-state index in [1.165, 1.54) is 0 Å². The largest absolute Gasteiger partial charge is 0.384 e. The van der Waals surface area contributed by atoms with E-state index in [1.54, 1.807) is 0 Å². The number of nitrogens with zero attached hydrogens (tertiary/aromatic N) is 1. The Morgan fingerprint density at radius 1 is 1.35 bits per heavy atom. The Kier molecular flexibility index (Phi) is 2.95. The molecule has 88 valence electrons. The molecule has 0 atom stereocenters. The molecule has 1 heterocycles. The van der Waals surface area contributed by atoms with Crippen molar-refractivity contribution >= 4 is 22.6 Å². The number of benzene rings is 1. The zero-order chi connectivity index (χ0) is 12.4. The van der Waals surface area contributed by atoms with E-state index in [0.717, 1.165) is 22.3 Å². The standard InChI is InChI=1S/C13H16N4/c1-8(2)16-12-7-10(13(14)15)9-5-3-4-6-11(9)17-12/h3-8H,1-2H3,(H3,14,15)(H,16,17). The highest BCUT2D eigenvalue weighted by molar-refractivity contribution is 6.07. The van der Waals surface area contributed by atoms with Crippen molar-refractivity contribution in [1.29, 1.82) is 5.41 Å². The van der Waals surface area contributed by atoms with Crippen LogP contribution >= 0.6 is 0 Å². The minimum atomic E-state index is 0.0652. The van der Waals surface area contributed by atoms with Gasteiger partial charge in [0.05, 0.1) is 5.52 Å². The molecule has 2 rings (SSSR count). The molecule has 0 spiro atoms. The number of hydrogen-bond donors (Lipinski definition) is 3. The summed E-state index contributed by atoms with van der Waals surface area (Å²) >= 11 is 0. The van der Waals surface area contributed by atoms with Crippen molar-refractivity contribution in [3.8, 4) is 0 Å². The fraction of sp³-hybridized carbons (Fsp3) is 0.231. The second-order valence-corrected chi connectivity index (χ2v) is 4.28. The number of fused-ring (bicyclic) bond motifs is 1. The van der Waals surface area contributed by atoms with Gasteiger partial charge in [-0.05, 0) is 26.0 Å². The maximum absolute atomic E-state index is 7.62. The summed E-state index contributed by atoms with van der Waals surface area (Å²) in [5.74, 6) is 0.819. The molecule has 1 aromatic carbocycles. The second kappa shape index (κ2) is 4.41. The van der Waals surface area contributed by atoms with Crippen molar-refractivity contribution in [2.75, 3.05) is 5.32 Å². The van der Waals surface area contributed by atoms with Gasteiger partial charge in [-0.25, -0.2) is 4.98 Å². The number of rotatable bonds is 3. The predicted molar refractivity (Wildman–Crippen MR) is 71.5 cm³/mol. The molecule has 0 aliphatic carbocycles. The summed E-state index contributed by atoms with van der Waals surface area (Å²) in [4.78, 5) is 4.50. The van der Waals surface area contributed by atoms with Crippen LogP contribution < -0.4 is 11.1 Å². The quantitative estimate of drug-likeness (QED) is 0.557. The number of aromatic nitrogens is 1. The second-order valence-electron chi connectivity index (χ2n) is 4.28. The number of nitrogens with two attached hydrogens (primary N) is 1. The summed E-state index contributed by atoms with van der Waals surface area (Å²) < 4.78 is 0. The van der Waals surface area contributed by atoms with Gasteiger partial charge in [0.25, 0.3) is 0 Å². The molecule has 0 aliphatic heterocycles. The minimum Gasteiger partial charge on any atom is -0.384 e. The lowest BCUT2D eigenvalue weighted by Gasteiger charge is -2.12. The topological polar surface area (TPSA) is 74.8 Å². The van der Waals surface area contributed by atoms with Crippen molar-refractivity contribution in [2.45, 2.75) is 19.9 Å².